The van der Waals surface area contributed by atoms with Crippen LogP contribution in [0.15, 0.2) is 48.5 Å². The Morgan fingerprint density at radius 2 is 1.94 bits per heavy atom. The molecule has 1 heterocycles. The number of rotatable bonds is 8. The fraction of sp³-hybridized carbons (Fsp3) is 0.238. The number of para-hydroxylation sites is 1. The fourth-order valence-electron chi connectivity index (χ4n) is 3.14. The summed E-state index contributed by atoms with van der Waals surface area (Å²) in [6, 6.07) is 12.6. The lowest BCUT2D eigenvalue weighted by Crippen LogP contribution is -2.53. The van der Waals surface area contributed by atoms with Gasteiger partial charge in [-0.05, 0) is 30.7 Å². The first-order valence-electron chi connectivity index (χ1n) is 9.51. The molecule has 0 saturated heterocycles. The minimum absolute atomic E-state index is 0.0507. The highest BCUT2D eigenvalue weighted by Crippen LogP contribution is 2.18. The number of nitrogens with one attached hydrogen (secondary N) is 2. The molecule has 162 valence electrons. The summed E-state index contributed by atoms with van der Waals surface area (Å²) in [5, 5.41) is 20.4. The van der Waals surface area contributed by atoms with Crippen molar-refractivity contribution in [2.24, 2.45) is 5.73 Å². The molecule has 5 N–H and O–H groups in total. The van der Waals surface area contributed by atoms with Crippen LogP contribution in [0.25, 0.3) is 10.9 Å². The lowest BCUT2D eigenvalue weighted by Gasteiger charge is -2.21. The van der Waals surface area contributed by atoms with Crippen molar-refractivity contribution in [3.05, 3.63) is 64.8 Å². The van der Waals surface area contributed by atoms with Gasteiger partial charge in [-0.3, -0.25) is 19.1 Å². The summed E-state index contributed by atoms with van der Waals surface area (Å²) in [6.45, 7) is 1.32. The Bertz CT molecular complexity index is 1130. The average Bonchev–Trinajstić information content (AvgIpc) is 3.09. The summed E-state index contributed by atoms with van der Waals surface area (Å²) in [7, 11) is 0. The number of aromatic nitrogens is 2. The molecular formula is C21H22ClN5O4. The van der Waals surface area contributed by atoms with Crippen LogP contribution in [0.4, 0.5) is 0 Å². The van der Waals surface area contributed by atoms with Crippen molar-refractivity contribution in [3.8, 4) is 0 Å². The van der Waals surface area contributed by atoms with Crippen molar-refractivity contribution in [3.63, 3.8) is 0 Å². The van der Waals surface area contributed by atoms with Crippen LogP contribution in [0.2, 0.25) is 5.02 Å². The first-order valence-corrected chi connectivity index (χ1v) is 9.89. The van der Waals surface area contributed by atoms with Crippen LogP contribution in [-0.2, 0) is 22.7 Å². The second-order valence-corrected chi connectivity index (χ2v) is 7.46. The highest BCUT2D eigenvalue weighted by Gasteiger charge is 2.26. The molecule has 3 aromatic rings. The zero-order chi connectivity index (χ0) is 22.5. The molecule has 0 aliphatic heterocycles. The van der Waals surface area contributed by atoms with E-state index < -0.39 is 29.9 Å². The van der Waals surface area contributed by atoms with Gasteiger partial charge in [-0.2, -0.15) is 5.10 Å². The molecule has 9 nitrogen and oxygen atoms in total. The van der Waals surface area contributed by atoms with Gasteiger partial charge in [0, 0.05) is 17.0 Å². The minimum atomic E-state index is -1.18. The number of carbonyl (C=O) groups is 3. The number of benzene rings is 2. The number of primary amides is 1. The molecule has 3 rings (SSSR count). The second kappa shape index (κ2) is 9.59. The Kier molecular flexibility index (Phi) is 6.88. The van der Waals surface area contributed by atoms with Crippen LogP contribution in [0.5, 0.6) is 0 Å². The van der Waals surface area contributed by atoms with Crippen LogP contribution in [0, 0.1) is 0 Å². The Morgan fingerprint density at radius 3 is 2.61 bits per heavy atom. The largest absolute Gasteiger partial charge is 0.391 e. The molecule has 2 atom stereocenters. The Hall–Kier alpha value is -3.43. The number of hydrogen-bond donors (Lipinski definition) is 4. The molecule has 1 aromatic heterocycles. The maximum Gasteiger partial charge on any atom is 0.269 e. The summed E-state index contributed by atoms with van der Waals surface area (Å²) in [5.74, 6) is -1.82. The molecule has 10 heteroatoms. The molecule has 0 saturated carbocycles. The topological polar surface area (TPSA) is 139 Å². The first-order chi connectivity index (χ1) is 14.8. The number of nitrogens with two attached hydrogens (primary N) is 1. The highest BCUT2D eigenvalue weighted by atomic mass is 35.5. The molecule has 0 aliphatic carbocycles. The molecule has 31 heavy (non-hydrogen) atoms. The summed E-state index contributed by atoms with van der Waals surface area (Å²) < 4.78 is 1.33. The average molecular weight is 444 g/mol. The van der Waals surface area contributed by atoms with E-state index in [0.29, 0.717) is 15.9 Å². The van der Waals surface area contributed by atoms with Crippen LogP contribution < -0.4 is 16.4 Å². The number of halogens is 1. The van der Waals surface area contributed by atoms with Gasteiger partial charge in [0.1, 0.15) is 12.6 Å². The molecule has 3 amide bonds. The van der Waals surface area contributed by atoms with Gasteiger partial charge >= 0.3 is 0 Å². The van der Waals surface area contributed by atoms with Crippen LogP contribution in [0.1, 0.15) is 23.0 Å². The van der Waals surface area contributed by atoms with E-state index in [1.54, 1.807) is 48.5 Å². The van der Waals surface area contributed by atoms with E-state index in [1.807, 2.05) is 0 Å². The summed E-state index contributed by atoms with van der Waals surface area (Å²) >= 11 is 5.93. The number of amides is 3. The van der Waals surface area contributed by atoms with Gasteiger partial charge in [0.15, 0.2) is 5.69 Å². The number of aliphatic hydroxyl groups is 1. The summed E-state index contributed by atoms with van der Waals surface area (Å²) in [5.41, 5.74) is 6.74. The molecule has 0 aliphatic rings. The zero-order valence-electron chi connectivity index (χ0n) is 16.7. The SMILES string of the molecule is C[C@@H](O)[C@H](NC(=O)Cn1nc(C(N)=O)c2ccccc21)C(=O)NCc1cccc(Cl)c1. The predicted octanol–water partition coefficient (Wildman–Crippen LogP) is 0.971. The van der Waals surface area contributed by atoms with Crippen LogP contribution in [-0.4, -0.2) is 44.8 Å². The number of nitrogens with zero attached hydrogens (tertiary/aromatic N) is 2. The smallest absolute Gasteiger partial charge is 0.269 e. The molecule has 2 aromatic carbocycles. The molecule has 0 unspecified atom stereocenters. The van der Waals surface area contributed by atoms with Gasteiger partial charge in [0.2, 0.25) is 11.8 Å². The lowest BCUT2D eigenvalue weighted by atomic mass is 10.1. The highest BCUT2D eigenvalue weighted by molar-refractivity contribution is 6.30. The van der Waals surface area contributed by atoms with Crippen molar-refractivity contribution in [1.82, 2.24) is 20.4 Å². The van der Waals surface area contributed by atoms with Gasteiger partial charge in [-0.1, -0.05) is 41.9 Å². The van der Waals surface area contributed by atoms with E-state index in [-0.39, 0.29) is 18.8 Å². The second-order valence-electron chi connectivity index (χ2n) is 7.02. The van der Waals surface area contributed by atoms with E-state index in [4.69, 9.17) is 17.3 Å². The van der Waals surface area contributed by atoms with Crippen molar-refractivity contribution in [2.45, 2.75) is 32.2 Å². The Balaban J connectivity index is 1.69. The van der Waals surface area contributed by atoms with E-state index >= 15 is 0 Å². The van der Waals surface area contributed by atoms with Crippen molar-refractivity contribution < 1.29 is 19.5 Å². The summed E-state index contributed by atoms with van der Waals surface area (Å²) in [4.78, 5) is 36.7. The molecule has 0 spiro atoms. The van der Waals surface area contributed by atoms with Crippen LogP contribution in [0.3, 0.4) is 0 Å². The van der Waals surface area contributed by atoms with Gasteiger partial charge in [0.05, 0.1) is 11.6 Å². The molecule has 0 radical (unpaired) electrons. The van der Waals surface area contributed by atoms with Crippen LogP contribution >= 0.6 is 11.6 Å². The number of hydrogen-bond acceptors (Lipinski definition) is 5. The Morgan fingerprint density at radius 1 is 1.19 bits per heavy atom. The molecular weight excluding hydrogens is 422 g/mol. The normalized spacial score (nSPS) is 12.9. The monoisotopic (exact) mass is 443 g/mol. The quantitative estimate of drug-likeness (QED) is 0.410. The Labute approximate surface area is 183 Å². The molecule has 0 fully saturated rings. The van der Waals surface area contributed by atoms with Gasteiger partial charge in [-0.25, -0.2) is 0 Å². The van der Waals surface area contributed by atoms with E-state index in [9.17, 15) is 19.5 Å². The van der Waals surface area contributed by atoms with E-state index in [1.165, 1.54) is 11.6 Å². The number of carbonyl (C=O) groups excluding carboxylic acids is 3. The zero-order valence-corrected chi connectivity index (χ0v) is 17.5. The lowest BCUT2D eigenvalue weighted by molar-refractivity contribution is -0.132. The van der Waals surface area contributed by atoms with E-state index in [2.05, 4.69) is 15.7 Å². The van der Waals surface area contributed by atoms with E-state index in [0.717, 1.165) is 5.56 Å². The molecule has 0 bridgehead atoms. The first kappa shape index (κ1) is 22.3. The van der Waals surface area contributed by atoms with Crippen molar-refractivity contribution in [1.29, 1.82) is 0 Å². The van der Waals surface area contributed by atoms with Gasteiger partial charge < -0.3 is 21.5 Å². The van der Waals surface area contributed by atoms with Crippen molar-refractivity contribution >= 4 is 40.2 Å². The standard InChI is InChI=1S/C21H22ClN5O4/c1-12(28)18(21(31)24-10-13-5-4-6-14(22)9-13)25-17(29)11-27-16-8-3-2-7-15(16)19(26-27)20(23)30/h2-9,12,18,28H,10-11H2,1H3,(H2,23,30)(H,24,31)(H,25,29)/t12-,18+/m1/s1. The third-order valence-electron chi connectivity index (χ3n) is 4.62. The summed E-state index contributed by atoms with van der Waals surface area (Å²) in [6.07, 6.45) is -1.14. The third kappa shape index (κ3) is 5.39. The fourth-order valence-corrected chi connectivity index (χ4v) is 3.35. The number of aliphatic hydroxyl groups excluding tert-OH is 1. The maximum absolute atomic E-state index is 12.6. The predicted molar refractivity (Wildman–Crippen MR) is 115 cm³/mol. The minimum Gasteiger partial charge on any atom is -0.391 e. The third-order valence-corrected chi connectivity index (χ3v) is 4.86. The number of fused-ring (bicyclic) bond motifs is 1. The van der Waals surface area contributed by atoms with Gasteiger partial charge in [0.25, 0.3) is 5.91 Å². The van der Waals surface area contributed by atoms with Gasteiger partial charge in [-0.15, -0.1) is 0 Å². The maximum atomic E-state index is 12.6. The van der Waals surface area contributed by atoms with Crippen molar-refractivity contribution in [2.75, 3.05) is 0 Å².